The number of aryl methyl sites for hydroxylation is 2. The zero-order valence-electron chi connectivity index (χ0n) is 18.8. The molecule has 31 heavy (non-hydrogen) atoms. The van der Waals surface area contributed by atoms with Crippen LogP contribution >= 0.6 is 0 Å². The van der Waals surface area contributed by atoms with Gasteiger partial charge in [0.25, 0.3) is 0 Å². The normalized spacial score (nSPS) is 14.7. The molecule has 3 heterocycles. The second-order valence-corrected chi connectivity index (χ2v) is 9.17. The number of aromatic nitrogens is 3. The van der Waals surface area contributed by atoms with Crippen LogP contribution in [0.2, 0.25) is 0 Å². The lowest BCUT2D eigenvalue weighted by Crippen LogP contribution is -2.47. The summed E-state index contributed by atoms with van der Waals surface area (Å²) in [5.41, 5.74) is 10.8. The number of hydrogen-bond acceptors (Lipinski definition) is 6. The fraction of sp³-hybridized carbons (Fsp3) is 0.400. The second kappa shape index (κ2) is 8.92. The van der Waals surface area contributed by atoms with Crippen molar-refractivity contribution >= 4 is 17.5 Å². The van der Waals surface area contributed by atoms with Crippen LogP contribution in [-0.4, -0.2) is 41.1 Å². The maximum atomic E-state index is 5.72. The van der Waals surface area contributed by atoms with Crippen LogP contribution < -0.4 is 15.5 Å². The number of hydrogen-bond donors (Lipinski definition) is 1. The average molecular weight is 417 g/mol. The fourth-order valence-corrected chi connectivity index (χ4v) is 4.07. The van der Waals surface area contributed by atoms with Gasteiger partial charge in [-0.3, -0.25) is 0 Å². The molecule has 1 aromatic carbocycles. The van der Waals surface area contributed by atoms with E-state index >= 15 is 0 Å². The average Bonchev–Trinajstić information content (AvgIpc) is 2.78. The van der Waals surface area contributed by atoms with Crippen molar-refractivity contribution < 1.29 is 0 Å². The first-order valence-corrected chi connectivity index (χ1v) is 11.0. The van der Waals surface area contributed by atoms with E-state index in [1.165, 1.54) is 16.8 Å². The van der Waals surface area contributed by atoms with Gasteiger partial charge < -0.3 is 15.5 Å². The van der Waals surface area contributed by atoms with E-state index in [9.17, 15) is 0 Å². The summed E-state index contributed by atoms with van der Waals surface area (Å²) in [5, 5.41) is 0. The van der Waals surface area contributed by atoms with Crippen LogP contribution in [0.1, 0.15) is 37.6 Å². The van der Waals surface area contributed by atoms with E-state index in [2.05, 4.69) is 70.9 Å². The molecule has 6 nitrogen and oxygen atoms in total. The molecule has 0 aliphatic carbocycles. The highest BCUT2D eigenvalue weighted by atomic mass is 15.3. The highest BCUT2D eigenvalue weighted by molar-refractivity contribution is 5.53. The van der Waals surface area contributed by atoms with Gasteiger partial charge in [-0.05, 0) is 53.6 Å². The van der Waals surface area contributed by atoms with Crippen LogP contribution in [-0.2, 0) is 18.3 Å². The van der Waals surface area contributed by atoms with Crippen LogP contribution in [0, 0.1) is 0 Å². The number of benzene rings is 1. The Bertz CT molecular complexity index is 1020. The van der Waals surface area contributed by atoms with Crippen LogP contribution in [0.4, 0.5) is 17.5 Å². The summed E-state index contributed by atoms with van der Waals surface area (Å²) in [6.45, 7) is 10.7. The minimum atomic E-state index is 0.162. The summed E-state index contributed by atoms with van der Waals surface area (Å²) in [5.74, 6) is 1.42. The van der Waals surface area contributed by atoms with E-state index in [0.717, 1.165) is 50.5 Å². The third kappa shape index (κ3) is 5.13. The number of anilines is 3. The number of rotatable bonds is 5. The van der Waals surface area contributed by atoms with Gasteiger partial charge in [-0.15, -0.1) is 0 Å². The SMILES string of the molecule is CC(C)(C)c1cccc(N2CCN(c3ncccc3CCc3ccnc(N)n3)CC2)c1. The molecule has 6 heteroatoms. The first kappa shape index (κ1) is 21.1. The molecule has 4 rings (SSSR count). The Labute approximate surface area is 185 Å². The maximum Gasteiger partial charge on any atom is 0.220 e. The van der Waals surface area contributed by atoms with Gasteiger partial charge in [0.2, 0.25) is 5.95 Å². The van der Waals surface area contributed by atoms with Gasteiger partial charge in [-0.1, -0.05) is 39.0 Å². The zero-order valence-corrected chi connectivity index (χ0v) is 18.8. The maximum absolute atomic E-state index is 5.72. The number of nitrogen functional groups attached to an aromatic ring is 1. The van der Waals surface area contributed by atoms with Crippen LogP contribution in [0.5, 0.6) is 0 Å². The lowest BCUT2D eigenvalue weighted by atomic mass is 9.87. The summed E-state index contributed by atoms with van der Waals surface area (Å²) < 4.78 is 0. The van der Waals surface area contributed by atoms with Crippen molar-refractivity contribution in [3.8, 4) is 0 Å². The Hall–Kier alpha value is -3.15. The third-order valence-corrected chi connectivity index (χ3v) is 5.91. The topological polar surface area (TPSA) is 71.2 Å². The van der Waals surface area contributed by atoms with Gasteiger partial charge in [0.05, 0.1) is 0 Å². The predicted octanol–water partition coefficient (Wildman–Crippen LogP) is 3.86. The Morgan fingerprint density at radius 3 is 2.39 bits per heavy atom. The zero-order chi connectivity index (χ0) is 21.8. The number of nitrogens with zero attached hydrogens (tertiary/aromatic N) is 5. The van der Waals surface area contributed by atoms with Crippen molar-refractivity contribution in [1.29, 1.82) is 0 Å². The molecule has 2 aromatic heterocycles. The summed E-state index contributed by atoms with van der Waals surface area (Å²) in [4.78, 5) is 17.9. The fourth-order valence-electron chi connectivity index (χ4n) is 4.07. The van der Waals surface area contributed by atoms with Gasteiger partial charge in [0.1, 0.15) is 5.82 Å². The Morgan fingerprint density at radius 1 is 0.871 bits per heavy atom. The largest absolute Gasteiger partial charge is 0.368 e. The molecular weight excluding hydrogens is 384 g/mol. The lowest BCUT2D eigenvalue weighted by Gasteiger charge is -2.38. The molecule has 1 fully saturated rings. The summed E-state index contributed by atoms with van der Waals surface area (Å²) in [7, 11) is 0. The predicted molar refractivity (Wildman–Crippen MR) is 128 cm³/mol. The number of pyridine rings is 1. The molecule has 1 aliphatic heterocycles. The van der Waals surface area contributed by atoms with Gasteiger partial charge in [0.15, 0.2) is 0 Å². The van der Waals surface area contributed by atoms with Crippen molar-refractivity contribution in [3.05, 3.63) is 71.7 Å². The molecule has 1 aliphatic rings. The van der Waals surface area contributed by atoms with Crippen molar-refractivity contribution in [1.82, 2.24) is 15.0 Å². The van der Waals surface area contributed by atoms with Gasteiger partial charge >= 0.3 is 0 Å². The van der Waals surface area contributed by atoms with Crippen molar-refractivity contribution in [2.75, 3.05) is 41.7 Å². The third-order valence-electron chi connectivity index (χ3n) is 5.91. The van der Waals surface area contributed by atoms with Gasteiger partial charge in [0, 0.05) is 50.0 Å². The van der Waals surface area contributed by atoms with Crippen LogP contribution in [0.25, 0.3) is 0 Å². The molecule has 2 N–H and O–H groups in total. The smallest absolute Gasteiger partial charge is 0.220 e. The Kier molecular flexibility index (Phi) is 6.07. The van der Waals surface area contributed by atoms with Gasteiger partial charge in [-0.25, -0.2) is 15.0 Å². The molecule has 3 aromatic rings. The Morgan fingerprint density at radius 2 is 1.65 bits per heavy atom. The minimum absolute atomic E-state index is 0.162. The van der Waals surface area contributed by atoms with Crippen molar-refractivity contribution in [3.63, 3.8) is 0 Å². The molecule has 0 atom stereocenters. The number of piperazine rings is 1. The van der Waals surface area contributed by atoms with E-state index in [1.807, 2.05) is 18.3 Å². The van der Waals surface area contributed by atoms with Gasteiger partial charge in [-0.2, -0.15) is 0 Å². The van der Waals surface area contributed by atoms with E-state index in [-0.39, 0.29) is 5.41 Å². The van der Waals surface area contributed by atoms with E-state index in [4.69, 9.17) is 10.7 Å². The van der Waals surface area contributed by atoms with Crippen molar-refractivity contribution in [2.45, 2.75) is 39.0 Å². The molecule has 0 amide bonds. The molecule has 0 spiro atoms. The highest BCUT2D eigenvalue weighted by Crippen LogP contribution is 2.28. The summed E-state index contributed by atoms with van der Waals surface area (Å²) in [6.07, 6.45) is 5.31. The monoisotopic (exact) mass is 416 g/mol. The van der Waals surface area contributed by atoms with E-state index in [1.54, 1.807) is 6.20 Å². The van der Waals surface area contributed by atoms with Crippen molar-refractivity contribution in [2.24, 2.45) is 0 Å². The second-order valence-electron chi connectivity index (χ2n) is 9.17. The standard InChI is InChI=1S/C25H32N6/c1-25(2,3)20-7-4-8-22(18-20)30-14-16-31(17-15-30)23-19(6-5-12-27-23)9-10-21-11-13-28-24(26)29-21/h4-8,11-13,18H,9-10,14-17H2,1-3H3,(H2,26,28,29). The molecule has 0 unspecified atom stereocenters. The summed E-state index contributed by atoms with van der Waals surface area (Å²) in [6, 6.07) is 15.1. The highest BCUT2D eigenvalue weighted by Gasteiger charge is 2.22. The van der Waals surface area contributed by atoms with Crippen LogP contribution in [0.3, 0.4) is 0 Å². The quantitative estimate of drug-likeness (QED) is 0.681. The molecule has 0 bridgehead atoms. The number of nitrogens with two attached hydrogens (primary N) is 1. The lowest BCUT2D eigenvalue weighted by molar-refractivity contribution is 0.588. The molecule has 1 saturated heterocycles. The van der Waals surface area contributed by atoms with Crippen LogP contribution in [0.15, 0.2) is 54.9 Å². The summed E-state index contributed by atoms with van der Waals surface area (Å²) >= 11 is 0. The first-order valence-electron chi connectivity index (χ1n) is 11.0. The molecule has 162 valence electrons. The molecule has 0 saturated carbocycles. The minimum Gasteiger partial charge on any atom is -0.368 e. The molecule has 0 radical (unpaired) electrons. The van der Waals surface area contributed by atoms with E-state index in [0.29, 0.717) is 5.95 Å². The molecular formula is C25H32N6. The van der Waals surface area contributed by atoms with E-state index < -0.39 is 0 Å². The Balaban J connectivity index is 1.42. The first-order chi connectivity index (χ1) is 14.9.